The monoisotopic (exact) mass is 487 g/mol. The van der Waals surface area contributed by atoms with Crippen molar-refractivity contribution >= 4 is 16.9 Å². The van der Waals surface area contributed by atoms with Crippen molar-refractivity contribution in [1.82, 2.24) is 14.9 Å². The number of benzene rings is 3. The maximum atomic E-state index is 13.1. The summed E-state index contributed by atoms with van der Waals surface area (Å²) in [5.41, 5.74) is 3.91. The van der Waals surface area contributed by atoms with Gasteiger partial charge in [-0.2, -0.15) is 0 Å². The van der Waals surface area contributed by atoms with Crippen molar-refractivity contribution < 1.29 is 13.9 Å². The second-order valence-electron chi connectivity index (χ2n) is 10.0. The second-order valence-corrected chi connectivity index (χ2v) is 10.0. The highest BCUT2D eigenvalue weighted by molar-refractivity contribution is 5.94. The van der Waals surface area contributed by atoms with E-state index in [1.807, 2.05) is 30.3 Å². The van der Waals surface area contributed by atoms with Crippen molar-refractivity contribution in [3.63, 3.8) is 0 Å². The molecule has 1 aromatic heterocycles. The fourth-order valence-electron chi connectivity index (χ4n) is 4.17. The van der Waals surface area contributed by atoms with Crippen LogP contribution in [-0.4, -0.2) is 28.6 Å². The Kier molecular flexibility index (Phi) is 8.04. The number of rotatable bonds is 10. The van der Waals surface area contributed by atoms with Crippen LogP contribution in [-0.2, 0) is 18.4 Å². The van der Waals surface area contributed by atoms with E-state index in [9.17, 15) is 9.18 Å². The summed E-state index contributed by atoms with van der Waals surface area (Å²) in [5.74, 6) is 1.26. The van der Waals surface area contributed by atoms with Crippen molar-refractivity contribution in [1.29, 1.82) is 0 Å². The van der Waals surface area contributed by atoms with Crippen molar-refractivity contribution in [3.05, 3.63) is 95.6 Å². The van der Waals surface area contributed by atoms with Crippen molar-refractivity contribution in [3.8, 4) is 5.75 Å². The number of halogens is 1. The van der Waals surface area contributed by atoms with Crippen LogP contribution in [0.4, 0.5) is 4.39 Å². The van der Waals surface area contributed by atoms with Crippen molar-refractivity contribution in [2.45, 2.75) is 52.0 Å². The number of hydrogen-bond donors (Lipinski definition) is 1. The van der Waals surface area contributed by atoms with Gasteiger partial charge in [-0.15, -0.1) is 0 Å². The number of unbranched alkanes of at least 4 members (excludes halogenated alkanes) is 1. The molecule has 188 valence electrons. The van der Waals surface area contributed by atoms with E-state index in [0.29, 0.717) is 25.1 Å². The fourth-order valence-corrected chi connectivity index (χ4v) is 4.17. The molecule has 0 bridgehead atoms. The van der Waals surface area contributed by atoms with E-state index >= 15 is 0 Å². The lowest BCUT2D eigenvalue weighted by atomic mass is 9.87. The minimum absolute atomic E-state index is 0.133. The lowest BCUT2D eigenvalue weighted by Gasteiger charge is -2.19. The van der Waals surface area contributed by atoms with Gasteiger partial charge in [-0.3, -0.25) is 4.79 Å². The Bertz CT molecular complexity index is 1290. The van der Waals surface area contributed by atoms with Crippen LogP contribution in [0.25, 0.3) is 11.0 Å². The number of imidazole rings is 1. The highest BCUT2D eigenvalue weighted by Gasteiger charge is 2.13. The zero-order valence-electron chi connectivity index (χ0n) is 21.3. The van der Waals surface area contributed by atoms with Crippen LogP contribution < -0.4 is 10.1 Å². The first-order valence-electron chi connectivity index (χ1n) is 12.5. The van der Waals surface area contributed by atoms with Gasteiger partial charge in [0.15, 0.2) is 0 Å². The van der Waals surface area contributed by atoms with Gasteiger partial charge < -0.3 is 14.6 Å². The SMILES string of the molecule is CC(C)(C)c1ccc(OCCCCn2c(CCNC(=O)c3ccc(F)cc3)nc3ccccc32)cc1. The summed E-state index contributed by atoms with van der Waals surface area (Å²) in [7, 11) is 0. The van der Waals surface area contributed by atoms with Crippen LogP contribution in [0.3, 0.4) is 0 Å². The molecule has 0 aliphatic carbocycles. The van der Waals surface area contributed by atoms with Gasteiger partial charge in [-0.25, -0.2) is 9.37 Å². The topological polar surface area (TPSA) is 56.1 Å². The number of carbonyl (C=O) groups excluding carboxylic acids is 1. The normalized spacial score (nSPS) is 11.6. The number of ether oxygens (including phenoxy) is 1. The smallest absolute Gasteiger partial charge is 0.251 e. The molecule has 0 fully saturated rings. The van der Waals surface area contributed by atoms with Gasteiger partial charge in [0, 0.05) is 25.1 Å². The molecule has 5 nitrogen and oxygen atoms in total. The molecule has 0 unspecified atom stereocenters. The first-order chi connectivity index (χ1) is 17.3. The molecule has 0 radical (unpaired) electrons. The summed E-state index contributed by atoms with van der Waals surface area (Å²) in [6.45, 7) is 8.55. The number of hydrogen-bond acceptors (Lipinski definition) is 3. The largest absolute Gasteiger partial charge is 0.494 e. The Labute approximate surface area is 212 Å². The molecular formula is C30H34FN3O2. The van der Waals surface area contributed by atoms with Crippen LogP contribution in [0.2, 0.25) is 0 Å². The predicted octanol–water partition coefficient (Wildman–Crippen LogP) is 6.30. The average molecular weight is 488 g/mol. The Balaban J connectivity index is 1.30. The van der Waals surface area contributed by atoms with E-state index in [1.54, 1.807) is 0 Å². The van der Waals surface area contributed by atoms with Crippen LogP contribution >= 0.6 is 0 Å². The van der Waals surface area contributed by atoms with Crippen LogP contribution in [0.1, 0.15) is 55.4 Å². The molecule has 1 N–H and O–H groups in total. The zero-order valence-corrected chi connectivity index (χ0v) is 21.3. The Morgan fingerprint density at radius 2 is 1.69 bits per heavy atom. The molecule has 0 aliphatic rings. The molecule has 0 atom stereocenters. The number of nitrogens with one attached hydrogen (secondary N) is 1. The van der Waals surface area contributed by atoms with Gasteiger partial charge >= 0.3 is 0 Å². The third-order valence-corrected chi connectivity index (χ3v) is 6.24. The Morgan fingerprint density at radius 1 is 0.972 bits per heavy atom. The summed E-state index contributed by atoms with van der Waals surface area (Å²) in [6, 6.07) is 22.0. The molecule has 0 saturated carbocycles. The number of carbonyl (C=O) groups is 1. The molecule has 36 heavy (non-hydrogen) atoms. The second kappa shape index (κ2) is 11.4. The summed E-state index contributed by atoms with van der Waals surface area (Å²) in [5, 5.41) is 2.91. The molecule has 0 saturated heterocycles. The van der Waals surface area contributed by atoms with E-state index in [2.05, 4.69) is 48.9 Å². The minimum atomic E-state index is -0.357. The summed E-state index contributed by atoms with van der Waals surface area (Å²) in [6.07, 6.45) is 2.49. The van der Waals surface area contributed by atoms with Crippen molar-refractivity contribution in [2.75, 3.05) is 13.2 Å². The highest BCUT2D eigenvalue weighted by Crippen LogP contribution is 2.24. The van der Waals surface area contributed by atoms with Gasteiger partial charge in [0.25, 0.3) is 5.91 Å². The molecule has 4 rings (SSSR count). The first kappa shape index (κ1) is 25.4. The quantitative estimate of drug-likeness (QED) is 0.267. The molecule has 1 amide bonds. The summed E-state index contributed by atoms with van der Waals surface area (Å²) < 4.78 is 21.3. The third kappa shape index (κ3) is 6.51. The minimum Gasteiger partial charge on any atom is -0.494 e. The standard InChI is InChI=1S/C30H34FN3O2/c1-30(2,3)23-12-16-25(17-13-23)36-21-7-6-20-34-27-9-5-4-8-26(27)33-28(34)18-19-32-29(35)22-10-14-24(31)15-11-22/h4-5,8-17H,6-7,18-21H2,1-3H3,(H,32,35). The lowest BCUT2D eigenvalue weighted by molar-refractivity contribution is 0.0954. The molecule has 0 spiro atoms. The average Bonchev–Trinajstić information content (AvgIpc) is 3.21. The van der Waals surface area contributed by atoms with Gasteiger partial charge in [0.2, 0.25) is 0 Å². The Hall–Kier alpha value is -3.67. The van der Waals surface area contributed by atoms with Crippen molar-refractivity contribution in [2.24, 2.45) is 0 Å². The van der Waals surface area contributed by atoms with Gasteiger partial charge in [0.1, 0.15) is 17.4 Å². The van der Waals surface area contributed by atoms with E-state index in [-0.39, 0.29) is 17.1 Å². The number of aryl methyl sites for hydroxylation is 1. The van der Waals surface area contributed by atoms with Crippen LogP contribution in [0, 0.1) is 5.82 Å². The number of amides is 1. The number of aromatic nitrogens is 2. The van der Waals surface area contributed by atoms with E-state index in [0.717, 1.165) is 42.0 Å². The number of nitrogens with zero attached hydrogens (tertiary/aromatic N) is 2. The van der Waals surface area contributed by atoms with E-state index in [4.69, 9.17) is 9.72 Å². The molecule has 3 aromatic carbocycles. The molecule has 6 heteroatoms. The third-order valence-electron chi connectivity index (χ3n) is 6.24. The van der Waals surface area contributed by atoms with Crippen LogP contribution in [0.5, 0.6) is 5.75 Å². The Morgan fingerprint density at radius 3 is 2.42 bits per heavy atom. The van der Waals surface area contributed by atoms with Crippen LogP contribution in [0.15, 0.2) is 72.8 Å². The molecular weight excluding hydrogens is 453 g/mol. The number of para-hydroxylation sites is 2. The molecule has 0 aliphatic heterocycles. The zero-order chi connectivity index (χ0) is 25.5. The van der Waals surface area contributed by atoms with Gasteiger partial charge in [-0.1, -0.05) is 45.0 Å². The predicted molar refractivity (Wildman–Crippen MR) is 142 cm³/mol. The number of fused-ring (bicyclic) bond motifs is 1. The summed E-state index contributed by atoms with van der Waals surface area (Å²) in [4.78, 5) is 17.2. The van der Waals surface area contributed by atoms with E-state index < -0.39 is 0 Å². The maximum Gasteiger partial charge on any atom is 0.251 e. The molecule has 4 aromatic rings. The molecule has 1 heterocycles. The summed E-state index contributed by atoms with van der Waals surface area (Å²) >= 11 is 0. The first-order valence-corrected chi connectivity index (χ1v) is 12.5. The van der Waals surface area contributed by atoms with E-state index in [1.165, 1.54) is 29.8 Å². The maximum absolute atomic E-state index is 13.1. The van der Waals surface area contributed by atoms with Gasteiger partial charge in [0.05, 0.1) is 17.6 Å². The van der Waals surface area contributed by atoms with Gasteiger partial charge in [-0.05, 0) is 72.4 Å². The lowest BCUT2D eigenvalue weighted by Crippen LogP contribution is -2.26. The fraction of sp³-hybridized carbons (Fsp3) is 0.333. The highest BCUT2D eigenvalue weighted by atomic mass is 19.1.